The van der Waals surface area contributed by atoms with Gasteiger partial charge in [-0.25, -0.2) is 8.42 Å². The maximum absolute atomic E-state index is 13.2. The smallest absolute Gasteiger partial charge is 0.243 e. The number of sulfonamides is 1. The molecule has 5 nitrogen and oxygen atoms in total. The molecular formula is C18H25ClN2O3S. The molecule has 2 N–H and O–H groups in total. The molecule has 138 valence electrons. The van der Waals surface area contributed by atoms with Crippen LogP contribution < -0.4 is 10.5 Å². The lowest BCUT2D eigenvalue weighted by molar-refractivity contribution is 0.243. The third kappa shape index (κ3) is 3.77. The number of nitrogens with zero attached hydrogens (tertiary/aromatic N) is 1. The van der Waals surface area contributed by atoms with Crippen molar-refractivity contribution in [3.63, 3.8) is 0 Å². The topological polar surface area (TPSA) is 72.6 Å². The van der Waals surface area contributed by atoms with Crippen molar-refractivity contribution in [2.45, 2.75) is 30.7 Å². The third-order valence-corrected chi connectivity index (χ3v) is 6.77. The second-order valence-corrected chi connectivity index (χ2v) is 8.34. The SMILES string of the molecule is COc1ccc(S(=O)(=O)N2CCCC(C(C)N)C2)c2ccccc12.Cl. The fourth-order valence-electron chi connectivity index (χ4n) is 3.41. The average molecular weight is 385 g/mol. The van der Waals surface area contributed by atoms with Crippen LogP contribution in [0.1, 0.15) is 19.8 Å². The molecule has 0 amide bonds. The Balaban J connectivity index is 0.00000225. The minimum absolute atomic E-state index is 0. The van der Waals surface area contributed by atoms with Crippen LogP contribution in [-0.2, 0) is 10.0 Å². The molecule has 0 bridgehead atoms. The molecule has 1 fully saturated rings. The molecule has 0 radical (unpaired) electrons. The van der Waals surface area contributed by atoms with Gasteiger partial charge in [-0.3, -0.25) is 0 Å². The zero-order chi connectivity index (χ0) is 17.3. The molecule has 3 rings (SSSR count). The predicted molar refractivity (Wildman–Crippen MR) is 103 cm³/mol. The monoisotopic (exact) mass is 384 g/mol. The van der Waals surface area contributed by atoms with Crippen molar-refractivity contribution in [2.75, 3.05) is 20.2 Å². The third-order valence-electron chi connectivity index (χ3n) is 4.85. The summed E-state index contributed by atoms with van der Waals surface area (Å²) in [6.45, 7) is 2.98. The minimum Gasteiger partial charge on any atom is -0.496 e. The number of hydrogen-bond acceptors (Lipinski definition) is 4. The summed E-state index contributed by atoms with van der Waals surface area (Å²) in [5, 5.41) is 1.50. The Bertz CT molecular complexity index is 839. The molecule has 2 atom stereocenters. The van der Waals surface area contributed by atoms with Crippen LogP contribution in [0.5, 0.6) is 5.75 Å². The number of fused-ring (bicyclic) bond motifs is 1. The van der Waals surface area contributed by atoms with Crippen molar-refractivity contribution in [1.82, 2.24) is 4.31 Å². The molecular weight excluding hydrogens is 360 g/mol. The van der Waals surface area contributed by atoms with E-state index in [4.69, 9.17) is 10.5 Å². The summed E-state index contributed by atoms with van der Waals surface area (Å²) in [5.74, 6) is 0.884. The van der Waals surface area contributed by atoms with Gasteiger partial charge in [0.15, 0.2) is 0 Å². The van der Waals surface area contributed by atoms with Crippen LogP contribution in [-0.4, -0.2) is 39.0 Å². The summed E-state index contributed by atoms with van der Waals surface area (Å²) in [6.07, 6.45) is 1.83. The van der Waals surface area contributed by atoms with Gasteiger partial charge in [0.05, 0.1) is 12.0 Å². The molecule has 2 aromatic rings. The molecule has 0 spiro atoms. The lowest BCUT2D eigenvalue weighted by atomic mass is 9.93. The Morgan fingerprint density at radius 2 is 1.88 bits per heavy atom. The van der Waals surface area contributed by atoms with Crippen LogP contribution in [0.2, 0.25) is 0 Å². The van der Waals surface area contributed by atoms with Crippen molar-refractivity contribution in [3.05, 3.63) is 36.4 Å². The molecule has 7 heteroatoms. The van der Waals surface area contributed by atoms with Crippen LogP contribution in [0.4, 0.5) is 0 Å². The van der Waals surface area contributed by atoms with Crippen molar-refractivity contribution in [2.24, 2.45) is 11.7 Å². The number of methoxy groups -OCH3 is 1. The summed E-state index contributed by atoms with van der Waals surface area (Å²) in [7, 11) is -1.97. The van der Waals surface area contributed by atoms with E-state index in [-0.39, 0.29) is 24.4 Å². The number of hydrogen-bond donors (Lipinski definition) is 1. The number of piperidine rings is 1. The van der Waals surface area contributed by atoms with Crippen LogP contribution in [0, 0.1) is 5.92 Å². The highest BCUT2D eigenvalue weighted by molar-refractivity contribution is 7.89. The number of benzene rings is 2. The second-order valence-electron chi connectivity index (χ2n) is 6.44. The van der Waals surface area contributed by atoms with Crippen LogP contribution in [0.3, 0.4) is 0 Å². The molecule has 2 unspecified atom stereocenters. The van der Waals surface area contributed by atoms with E-state index in [0.717, 1.165) is 18.2 Å². The highest BCUT2D eigenvalue weighted by Gasteiger charge is 2.32. The molecule has 0 saturated carbocycles. The van der Waals surface area contributed by atoms with Gasteiger partial charge in [0.1, 0.15) is 5.75 Å². The molecule has 25 heavy (non-hydrogen) atoms. The Morgan fingerprint density at radius 3 is 2.52 bits per heavy atom. The number of ether oxygens (including phenoxy) is 1. The first-order valence-corrected chi connectivity index (χ1v) is 9.70. The van der Waals surface area contributed by atoms with Gasteiger partial charge in [-0.1, -0.05) is 24.3 Å². The van der Waals surface area contributed by atoms with E-state index in [0.29, 0.717) is 29.1 Å². The quantitative estimate of drug-likeness (QED) is 0.879. The van der Waals surface area contributed by atoms with E-state index in [1.54, 1.807) is 23.5 Å². The maximum Gasteiger partial charge on any atom is 0.243 e. The Hall–Kier alpha value is -1.34. The molecule has 1 aliphatic rings. The van der Waals surface area contributed by atoms with Crippen LogP contribution in [0.15, 0.2) is 41.3 Å². The Labute approximate surface area is 155 Å². The van der Waals surface area contributed by atoms with E-state index < -0.39 is 10.0 Å². The lowest BCUT2D eigenvalue weighted by Crippen LogP contribution is -2.44. The summed E-state index contributed by atoms with van der Waals surface area (Å²) >= 11 is 0. The van der Waals surface area contributed by atoms with E-state index >= 15 is 0 Å². The first-order chi connectivity index (χ1) is 11.4. The zero-order valence-corrected chi connectivity index (χ0v) is 16.1. The number of nitrogens with two attached hydrogens (primary N) is 1. The highest BCUT2D eigenvalue weighted by Crippen LogP contribution is 2.33. The lowest BCUT2D eigenvalue weighted by Gasteiger charge is -2.34. The van der Waals surface area contributed by atoms with E-state index in [1.807, 2.05) is 31.2 Å². The van der Waals surface area contributed by atoms with Crippen LogP contribution >= 0.6 is 12.4 Å². The molecule has 2 aromatic carbocycles. The second kappa shape index (κ2) is 7.91. The summed E-state index contributed by atoms with van der Waals surface area (Å²) in [4.78, 5) is 0.337. The first kappa shape index (κ1) is 20.0. The van der Waals surface area contributed by atoms with E-state index in [9.17, 15) is 8.42 Å². The molecule has 0 aliphatic carbocycles. The average Bonchev–Trinajstić information content (AvgIpc) is 2.60. The van der Waals surface area contributed by atoms with Crippen molar-refractivity contribution < 1.29 is 13.2 Å². The minimum atomic E-state index is -3.56. The predicted octanol–water partition coefficient (Wildman–Crippen LogP) is 3.02. The number of rotatable bonds is 4. The van der Waals surface area contributed by atoms with E-state index in [1.165, 1.54) is 0 Å². The molecule has 1 heterocycles. The number of halogens is 1. The van der Waals surface area contributed by atoms with Gasteiger partial charge >= 0.3 is 0 Å². The van der Waals surface area contributed by atoms with Gasteiger partial charge in [-0.05, 0) is 37.8 Å². The molecule has 0 aromatic heterocycles. The zero-order valence-electron chi connectivity index (χ0n) is 14.5. The molecule has 1 aliphatic heterocycles. The fraction of sp³-hybridized carbons (Fsp3) is 0.444. The van der Waals surface area contributed by atoms with Gasteiger partial charge in [-0.2, -0.15) is 4.31 Å². The summed E-state index contributed by atoms with van der Waals surface area (Å²) < 4.78 is 33.4. The normalized spacial score (nSPS) is 20.0. The van der Waals surface area contributed by atoms with Crippen LogP contribution in [0.25, 0.3) is 10.8 Å². The van der Waals surface area contributed by atoms with E-state index in [2.05, 4.69) is 0 Å². The summed E-state index contributed by atoms with van der Waals surface area (Å²) in [5.41, 5.74) is 6.00. The summed E-state index contributed by atoms with van der Waals surface area (Å²) in [6, 6.07) is 10.8. The van der Waals surface area contributed by atoms with Gasteiger partial charge in [0, 0.05) is 29.9 Å². The van der Waals surface area contributed by atoms with Gasteiger partial charge in [-0.15, -0.1) is 12.4 Å². The van der Waals surface area contributed by atoms with Crippen molar-refractivity contribution in [3.8, 4) is 5.75 Å². The maximum atomic E-state index is 13.2. The largest absolute Gasteiger partial charge is 0.496 e. The highest BCUT2D eigenvalue weighted by atomic mass is 35.5. The van der Waals surface area contributed by atoms with Gasteiger partial charge < -0.3 is 10.5 Å². The van der Waals surface area contributed by atoms with Crippen molar-refractivity contribution >= 4 is 33.2 Å². The fourth-order valence-corrected chi connectivity index (χ4v) is 5.14. The Kier molecular flexibility index (Phi) is 6.32. The standard InChI is InChI=1S/C18H24N2O3S.ClH/c1-13(19)14-6-5-11-20(12-14)24(21,22)18-10-9-17(23-2)15-7-3-4-8-16(15)18;/h3-4,7-10,13-14H,5-6,11-12,19H2,1-2H3;1H. The Morgan fingerprint density at radius 1 is 1.20 bits per heavy atom. The van der Waals surface area contributed by atoms with Gasteiger partial charge in [0.2, 0.25) is 10.0 Å². The first-order valence-electron chi connectivity index (χ1n) is 8.26. The molecule has 1 saturated heterocycles. The van der Waals surface area contributed by atoms with Crippen molar-refractivity contribution in [1.29, 1.82) is 0 Å². The van der Waals surface area contributed by atoms with Gasteiger partial charge in [0.25, 0.3) is 0 Å².